The van der Waals surface area contributed by atoms with E-state index in [1.807, 2.05) is 6.92 Å². The highest BCUT2D eigenvalue weighted by atomic mass is 35.5. The van der Waals surface area contributed by atoms with Crippen LogP contribution in [0.3, 0.4) is 0 Å². The third-order valence-electron chi connectivity index (χ3n) is 3.51. The Hall–Kier alpha value is -0.830. The quantitative estimate of drug-likeness (QED) is 0.818. The van der Waals surface area contributed by atoms with Gasteiger partial charge in [-0.1, -0.05) is 0 Å². The van der Waals surface area contributed by atoms with Crippen molar-refractivity contribution in [1.29, 1.82) is 0 Å². The maximum atomic E-state index is 5.83. The molecule has 0 amide bonds. The highest BCUT2D eigenvalue weighted by Crippen LogP contribution is 2.45. The van der Waals surface area contributed by atoms with Gasteiger partial charge in [0.2, 0.25) is 5.28 Å². The number of halogens is 1. The van der Waals surface area contributed by atoms with Crippen LogP contribution in [0, 0.1) is 18.8 Å². The number of aryl methyl sites for hydroxylation is 1. The van der Waals surface area contributed by atoms with Crippen molar-refractivity contribution in [2.75, 3.05) is 5.32 Å². The van der Waals surface area contributed by atoms with Gasteiger partial charge in [0.1, 0.15) is 5.82 Å². The van der Waals surface area contributed by atoms with Crippen molar-refractivity contribution in [3.8, 4) is 0 Å². The number of anilines is 1. The molecule has 0 saturated heterocycles. The van der Waals surface area contributed by atoms with Crippen LogP contribution in [-0.2, 0) is 0 Å². The Kier molecular flexibility index (Phi) is 2.51. The molecule has 2 fully saturated rings. The van der Waals surface area contributed by atoms with Gasteiger partial charge in [-0.3, -0.25) is 0 Å². The molecule has 1 aromatic heterocycles. The molecule has 2 saturated carbocycles. The van der Waals surface area contributed by atoms with Crippen LogP contribution in [0.2, 0.25) is 5.28 Å². The lowest BCUT2D eigenvalue weighted by Gasteiger charge is -2.19. The van der Waals surface area contributed by atoms with Crippen molar-refractivity contribution >= 4 is 17.4 Å². The van der Waals surface area contributed by atoms with Crippen molar-refractivity contribution in [3.63, 3.8) is 0 Å². The molecule has 4 heteroatoms. The molecule has 0 unspecified atom stereocenters. The number of nitrogens with one attached hydrogen (secondary N) is 1. The topological polar surface area (TPSA) is 37.8 Å². The summed E-state index contributed by atoms with van der Waals surface area (Å²) in [6.07, 6.45) is 7.25. The summed E-state index contributed by atoms with van der Waals surface area (Å²) in [4.78, 5) is 8.26. The lowest BCUT2D eigenvalue weighted by molar-refractivity contribution is 0.565. The second-order valence-corrected chi connectivity index (χ2v) is 5.35. The third-order valence-corrected chi connectivity index (χ3v) is 3.69. The highest BCUT2D eigenvalue weighted by Gasteiger charge is 2.41. The van der Waals surface area contributed by atoms with Gasteiger partial charge in [0.05, 0.1) is 0 Å². The number of rotatable bonds is 4. The molecule has 1 heterocycles. The predicted molar refractivity (Wildman–Crippen MR) is 64.6 cm³/mol. The van der Waals surface area contributed by atoms with Crippen LogP contribution in [0.4, 0.5) is 5.82 Å². The highest BCUT2D eigenvalue weighted by molar-refractivity contribution is 6.28. The third kappa shape index (κ3) is 2.14. The number of hydrogen-bond acceptors (Lipinski definition) is 3. The van der Waals surface area contributed by atoms with Crippen LogP contribution in [0.1, 0.15) is 31.2 Å². The van der Waals surface area contributed by atoms with E-state index in [0.717, 1.165) is 23.2 Å². The minimum atomic E-state index is 0.332. The molecule has 1 aromatic rings. The van der Waals surface area contributed by atoms with Gasteiger partial charge in [-0.25, -0.2) is 9.97 Å². The van der Waals surface area contributed by atoms with Gasteiger partial charge in [0.25, 0.3) is 0 Å². The van der Waals surface area contributed by atoms with E-state index in [4.69, 9.17) is 11.6 Å². The maximum absolute atomic E-state index is 5.83. The van der Waals surface area contributed by atoms with E-state index in [-0.39, 0.29) is 0 Å². The first kappa shape index (κ1) is 10.3. The first-order chi connectivity index (χ1) is 7.74. The molecule has 0 radical (unpaired) electrons. The normalized spacial score (nSPS) is 20.2. The lowest BCUT2D eigenvalue weighted by atomic mass is 10.1. The van der Waals surface area contributed by atoms with Gasteiger partial charge in [-0.15, -0.1) is 0 Å². The summed E-state index contributed by atoms with van der Waals surface area (Å²) in [7, 11) is 0. The van der Waals surface area contributed by atoms with Crippen LogP contribution in [0.15, 0.2) is 6.20 Å². The summed E-state index contributed by atoms with van der Waals surface area (Å²) >= 11 is 5.83. The fourth-order valence-electron chi connectivity index (χ4n) is 2.26. The van der Waals surface area contributed by atoms with Crippen LogP contribution < -0.4 is 5.32 Å². The zero-order chi connectivity index (χ0) is 11.1. The smallest absolute Gasteiger partial charge is 0.224 e. The second kappa shape index (κ2) is 3.88. The Morgan fingerprint density at radius 3 is 2.50 bits per heavy atom. The zero-order valence-electron chi connectivity index (χ0n) is 9.41. The van der Waals surface area contributed by atoms with Crippen LogP contribution in [0.25, 0.3) is 0 Å². The molecule has 3 nitrogen and oxygen atoms in total. The van der Waals surface area contributed by atoms with Gasteiger partial charge in [-0.2, -0.15) is 0 Å². The van der Waals surface area contributed by atoms with Crippen LogP contribution in [-0.4, -0.2) is 16.0 Å². The van der Waals surface area contributed by atoms with Crippen molar-refractivity contribution < 1.29 is 0 Å². The number of hydrogen-bond donors (Lipinski definition) is 1. The fraction of sp³-hybridized carbons (Fsp3) is 0.667. The first-order valence-corrected chi connectivity index (χ1v) is 6.37. The lowest BCUT2D eigenvalue weighted by Crippen LogP contribution is -2.25. The molecule has 1 N–H and O–H groups in total. The Labute approximate surface area is 101 Å². The molecule has 0 aromatic carbocycles. The average Bonchev–Trinajstić information content (AvgIpc) is 3.13. The molecule has 0 atom stereocenters. The summed E-state index contributed by atoms with van der Waals surface area (Å²) in [6, 6.07) is 0.615. The minimum Gasteiger partial charge on any atom is -0.366 e. The summed E-state index contributed by atoms with van der Waals surface area (Å²) in [6.45, 7) is 2.02. The van der Waals surface area contributed by atoms with Crippen molar-refractivity contribution in [2.45, 2.75) is 38.6 Å². The molecular weight excluding hydrogens is 222 g/mol. The number of nitrogens with zero attached hydrogens (tertiary/aromatic N) is 2. The van der Waals surface area contributed by atoms with Gasteiger partial charge >= 0.3 is 0 Å². The molecule has 2 aliphatic rings. The van der Waals surface area contributed by atoms with Gasteiger partial charge < -0.3 is 5.32 Å². The monoisotopic (exact) mass is 237 g/mol. The molecular formula is C12H16ClN3. The Morgan fingerprint density at radius 2 is 1.94 bits per heavy atom. The zero-order valence-corrected chi connectivity index (χ0v) is 10.2. The molecule has 3 rings (SSSR count). The Bertz CT molecular complexity index is 387. The molecule has 86 valence electrons. The van der Waals surface area contributed by atoms with Gasteiger partial charge in [-0.05, 0) is 56.0 Å². The first-order valence-electron chi connectivity index (χ1n) is 6.00. The number of aromatic nitrogens is 2. The molecule has 16 heavy (non-hydrogen) atoms. The van der Waals surface area contributed by atoms with Crippen molar-refractivity contribution in [1.82, 2.24) is 9.97 Å². The largest absolute Gasteiger partial charge is 0.366 e. The molecule has 2 aliphatic carbocycles. The summed E-state index contributed by atoms with van der Waals surface area (Å²) in [5.41, 5.74) is 1.08. The van der Waals surface area contributed by atoms with Gasteiger partial charge in [0.15, 0.2) is 0 Å². The van der Waals surface area contributed by atoms with E-state index in [1.54, 1.807) is 6.20 Å². The van der Waals surface area contributed by atoms with E-state index >= 15 is 0 Å². The summed E-state index contributed by atoms with van der Waals surface area (Å²) in [5, 5.41) is 3.91. The van der Waals surface area contributed by atoms with Crippen LogP contribution in [0.5, 0.6) is 0 Å². The van der Waals surface area contributed by atoms with E-state index in [0.29, 0.717) is 11.3 Å². The minimum absolute atomic E-state index is 0.332. The van der Waals surface area contributed by atoms with E-state index < -0.39 is 0 Å². The Morgan fingerprint density at radius 1 is 1.31 bits per heavy atom. The van der Waals surface area contributed by atoms with Gasteiger partial charge in [0, 0.05) is 17.8 Å². The van der Waals surface area contributed by atoms with Crippen molar-refractivity contribution in [2.24, 2.45) is 11.8 Å². The summed E-state index contributed by atoms with van der Waals surface area (Å²) < 4.78 is 0. The second-order valence-electron chi connectivity index (χ2n) is 5.02. The molecule has 0 bridgehead atoms. The SMILES string of the molecule is Cc1cnc(Cl)nc1NC(C1CC1)C1CC1. The standard InChI is InChI=1S/C12H16ClN3/c1-7-6-14-12(13)16-11(7)15-10(8-2-3-8)9-4-5-9/h6,8-10H,2-5H2,1H3,(H,14,15,16). The van der Waals surface area contributed by atoms with Crippen molar-refractivity contribution in [3.05, 3.63) is 17.0 Å². The summed E-state index contributed by atoms with van der Waals surface area (Å²) in [5.74, 6) is 2.64. The Balaban J connectivity index is 1.78. The molecule has 0 spiro atoms. The maximum Gasteiger partial charge on any atom is 0.224 e. The predicted octanol–water partition coefficient (Wildman–Crippen LogP) is 3.04. The fourth-order valence-corrected chi connectivity index (χ4v) is 2.39. The van der Waals surface area contributed by atoms with E-state index in [9.17, 15) is 0 Å². The average molecular weight is 238 g/mol. The van der Waals surface area contributed by atoms with E-state index in [1.165, 1.54) is 25.7 Å². The van der Waals surface area contributed by atoms with Crippen LogP contribution >= 0.6 is 11.6 Å². The van der Waals surface area contributed by atoms with E-state index in [2.05, 4.69) is 15.3 Å². The molecule has 0 aliphatic heterocycles.